The Morgan fingerprint density at radius 3 is 2.78 bits per heavy atom. The molecule has 1 aromatic rings. The number of likely N-dealkylation sites (N-methyl/N-ethyl adjacent to an activating group) is 1. The second-order valence-corrected chi connectivity index (χ2v) is 4.47. The van der Waals surface area contributed by atoms with Gasteiger partial charge in [0.05, 0.1) is 0 Å². The maximum Gasteiger partial charge on any atom is 0.244 e. The lowest BCUT2D eigenvalue weighted by molar-refractivity contribution is -0.127. The van der Waals surface area contributed by atoms with E-state index < -0.39 is 0 Å². The van der Waals surface area contributed by atoms with E-state index >= 15 is 0 Å². The van der Waals surface area contributed by atoms with Gasteiger partial charge < -0.3 is 15.5 Å². The molecule has 98 valence electrons. The van der Waals surface area contributed by atoms with Crippen molar-refractivity contribution in [1.29, 1.82) is 0 Å². The first kappa shape index (κ1) is 12.6. The first-order chi connectivity index (χ1) is 8.63. The minimum Gasteiger partial charge on any atom is -0.370 e. The van der Waals surface area contributed by atoms with Crippen LogP contribution in [0.2, 0.25) is 0 Å². The quantitative estimate of drug-likeness (QED) is 0.828. The lowest BCUT2D eigenvalue weighted by Gasteiger charge is -2.15. The van der Waals surface area contributed by atoms with Gasteiger partial charge in [0.1, 0.15) is 24.0 Å². The number of nitrogens with zero attached hydrogens (tertiary/aromatic N) is 3. The van der Waals surface area contributed by atoms with Gasteiger partial charge >= 0.3 is 0 Å². The Kier molecular flexibility index (Phi) is 3.64. The average molecular weight is 249 g/mol. The highest BCUT2D eigenvalue weighted by Crippen LogP contribution is 2.21. The fourth-order valence-corrected chi connectivity index (χ4v) is 2.06. The summed E-state index contributed by atoms with van der Waals surface area (Å²) in [5, 5.41) is 6.38. The fraction of sp³-hybridized carbons (Fsp3) is 0.583. The van der Waals surface area contributed by atoms with Gasteiger partial charge in [0.15, 0.2) is 0 Å². The smallest absolute Gasteiger partial charge is 0.244 e. The van der Waals surface area contributed by atoms with Crippen molar-refractivity contribution in [2.24, 2.45) is 0 Å². The van der Waals surface area contributed by atoms with Crippen LogP contribution < -0.4 is 10.6 Å². The van der Waals surface area contributed by atoms with Crippen molar-refractivity contribution in [3.8, 4) is 0 Å². The summed E-state index contributed by atoms with van der Waals surface area (Å²) in [6, 6.07) is -0.168. The molecule has 2 heterocycles. The molecule has 1 aliphatic heterocycles. The number of hydrogen-bond donors (Lipinski definition) is 2. The van der Waals surface area contributed by atoms with Crippen LogP contribution in [0.4, 0.5) is 11.6 Å². The Morgan fingerprint density at radius 1 is 1.44 bits per heavy atom. The van der Waals surface area contributed by atoms with E-state index in [1.54, 1.807) is 4.90 Å². The number of aromatic nitrogens is 2. The van der Waals surface area contributed by atoms with Crippen LogP contribution in [-0.4, -0.2) is 47.0 Å². The zero-order chi connectivity index (χ0) is 13.1. The van der Waals surface area contributed by atoms with Crippen molar-refractivity contribution < 1.29 is 4.79 Å². The van der Waals surface area contributed by atoms with Gasteiger partial charge in [0.25, 0.3) is 0 Å². The lowest BCUT2D eigenvalue weighted by atomic mass is 10.2. The molecule has 2 N–H and O–H groups in total. The second-order valence-electron chi connectivity index (χ2n) is 4.47. The van der Waals surface area contributed by atoms with Gasteiger partial charge in [-0.3, -0.25) is 4.79 Å². The summed E-state index contributed by atoms with van der Waals surface area (Å²) in [5.41, 5.74) is 0.946. The molecule has 6 heteroatoms. The van der Waals surface area contributed by atoms with E-state index in [1.165, 1.54) is 6.33 Å². The Bertz CT molecular complexity index is 448. The number of carbonyl (C=O) groups is 1. The summed E-state index contributed by atoms with van der Waals surface area (Å²) in [5.74, 6) is 1.67. The van der Waals surface area contributed by atoms with Gasteiger partial charge in [-0.1, -0.05) is 0 Å². The van der Waals surface area contributed by atoms with E-state index in [1.807, 2.05) is 20.9 Å². The maximum atomic E-state index is 11.8. The molecule has 0 saturated carbocycles. The maximum absolute atomic E-state index is 11.8. The third-order valence-electron chi connectivity index (χ3n) is 3.17. The molecule has 1 fully saturated rings. The minimum absolute atomic E-state index is 0.123. The number of anilines is 2. The number of likely N-dealkylation sites (tertiary alicyclic amines) is 1. The predicted octanol–water partition coefficient (Wildman–Crippen LogP) is 0.859. The van der Waals surface area contributed by atoms with Crippen LogP contribution in [0.5, 0.6) is 0 Å². The highest BCUT2D eigenvalue weighted by molar-refractivity contribution is 5.86. The van der Waals surface area contributed by atoms with Gasteiger partial charge in [-0.2, -0.15) is 0 Å². The fourth-order valence-electron chi connectivity index (χ4n) is 2.06. The lowest BCUT2D eigenvalue weighted by Crippen LogP contribution is -2.31. The van der Waals surface area contributed by atoms with Crippen LogP contribution in [0.15, 0.2) is 6.33 Å². The van der Waals surface area contributed by atoms with E-state index in [4.69, 9.17) is 0 Å². The van der Waals surface area contributed by atoms with Crippen molar-refractivity contribution in [2.45, 2.75) is 26.3 Å². The summed E-state index contributed by atoms with van der Waals surface area (Å²) in [4.78, 5) is 22.0. The summed E-state index contributed by atoms with van der Waals surface area (Å²) >= 11 is 0. The molecule has 18 heavy (non-hydrogen) atoms. The van der Waals surface area contributed by atoms with E-state index in [0.717, 1.165) is 36.7 Å². The van der Waals surface area contributed by atoms with Crippen molar-refractivity contribution in [3.05, 3.63) is 11.9 Å². The van der Waals surface area contributed by atoms with Gasteiger partial charge in [0.2, 0.25) is 5.91 Å². The van der Waals surface area contributed by atoms with Gasteiger partial charge in [-0.05, 0) is 20.3 Å². The molecular weight excluding hydrogens is 230 g/mol. The second kappa shape index (κ2) is 5.20. The van der Waals surface area contributed by atoms with Crippen molar-refractivity contribution in [2.75, 3.05) is 30.8 Å². The van der Waals surface area contributed by atoms with Crippen molar-refractivity contribution in [3.63, 3.8) is 0 Å². The molecule has 0 spiro atoms. The number of nitrogens with one attached hydrogen (secondary N) is 2. The third-order valence-corrected chi connectivity index (χ3v) is 3.17. The third kappa shape index (κ3) is 2.37. The normalized spacial score (nSPS) is 19.2. The molecule has 1 atom stereocenters. The van der Waals surface area contributed by atoms with E-state index in [0.29, 0.717) is 0 Å². The number of rotatable bonds is 4. The minimum atomic E-state index is -0.168. The predicted molar refractivity (Wildman–Crippen MR) is 70.6 cm³/mol. The monoisotopic (exact) mass is 249 g/mol. The molecule has 6 nitrogen and oxygen atoms in total. The number of amides is 1. The van der Waals surface area contributed by atoms with E-state index in [-0.39, 0.29) is 11.9 Å². The van der Waals surface area contributed by atoms with E-state index in [2.05, 4.69) is 20.6 Å². The van der Waals surface area contributed by atoms with Gasteiger partial charge in [-0.15, -0.1) is 0 Å². The van der Waals surface area contributed by atoms with Gasteiger partial charge in [0, 0.05) is 25.7 Å². The van der Waals surface area contributed by atoms with Gasteiger partial charge in [-0.25, -0.2) is 9.97 Å². The van der Waals surface area contributed by atoms with Crippen LogP contribution >= 0.6 is 0 Å². The topological polar surface area (TPSA) is 70.2 Å². The van der Waals surface area contributed by atoms with Crippen LogP contribution in [0.25, 0.3) is 0 Å². The summed E-state index contributed by atoms with van der Waals surface area (Å²) in [6.07, 6.45) is 2.33. The first-order valence-corrected chi connectivity index (χ1v) is 6.20. The van der Waals surface area contributed by atoms with Crippen LogP contribution in [0, 0.1) is 6.92 Å². The molecule has 0 aromatic carbocycles. The molecule has 1 saturated heterocycles. The highest BCUT2D eigenvalue weighted by Gasteiger charge is 2.29. The number of hydrogen-bond acceptors (Lipinski definition) is 5. The average Bonchev–Trinajstić information content (AvgIpc) is 2.66. The molecule has 0 aliphatic carbocycles. The Balaban J connectivity index is 2.14. The molecule has 1 amide bonds. The standard InChI is InChI=1S/C12H19N5O/c1-4-13-10-8(2)11(15-7-14-10)16-9-5-6-17(3)12(9)18/h7,9H,4-6H2,1-3H3,(H2,13,14,15,16). The molecular formula is C12H19N5O. The molecule has 0 radical (unpaired) electrons. The number of carbonyl (C=O) groups excluding carboxylic acids is 1. The zero-order valence-corrected chi connectivity index (χ0v) is 11.0. The molecule has 1 aromatic heterocycles. The zero-order valence-electron chi connectivity index (χ0n) is 11.0. The molecule has 1 aliphatic rings. The van der Waals surface area contributed by atoms with Crippen LogP contribution in [0.1, 0.15) is 18.9 Å². The highest BCUT2D eigenvalue weighted by atomic mass is 16.2. The Labute approximate surface area is 107 Å². The summed E-state index contributed by atoms with van der Waals surface area (Å²) in [6.45, 7) is 5.57. The summed E-state index contributed by atoms with van der Waals surface area (Å²) < 4.78 is 0. The summed E-state index contributed by atoms with van der Waals surface area (Å²) in [7, 11) is 1.82. The van der Waals surface area contributed by atoms with Crippen molar-refractivity contribution in [1.82, 2.24) is 14.9 Å². The van der Waals surface area contributed by atoms with Crippen molar-refractivity contribution >= 4 is 17.5 Å². The molecule has 1 unspecified atom stereocenters. The Hall–Kier alpha value is -1.85. The molecule has 0 bridgehead atoms. The largest absolute Gasteiger partial charge is 0.370 e. The SMILES string of the molecule is CCNc1ncnc(NC2CCN(C)C2=O)c1C. The first-order valence-electron chi connectivity index (χ1n) is 6.20. The molecule has 2 rings (SSSR count). The van der Waals surface area contributed by atoms with Crippen LogP contribution in [-0.2, 0) is 4.79 Å². The Morgan fingerprint density at radius 2 is 2.17 bits per heavy atom. The van der Waals surface area contributed by atoms with Crippen LogP contribution in [0.3, 0.4) is 0 Å². The van der Waals surface area contributed by atoms with E-state index in [9.17, 15) is 4.79 Å².